The second-order valence-electron chi connectivity index (χ2n) is 5.80. The zero-order valence-electron chi connectivity index (χ0n) is 13.8. The standard InChI is InChI=1S/C17H23N3O4/c1-24-15-5-3-13(4-6-15)10-20-11-14(9-16(20)22)17(23)19(12-21)8-2-7-18/h3-6,12,14H,2,7-11,18H2,1H3. The second-order valence-corrected chi connectivity index (χ2v) is 5.80. The van der Waals surface area contributed by atoms with E-state index >= 15 is 0 Å². The molecule has 7 nitrogen and oxygen atoms in total. The number of hydrogen-bond acceptors (Lipinski definition) is 5. The number of imide groups is 1. The summed E-state index contributed by atoms with van der Waals surface area (Å²) < 4.78 is 5.11. The summed E-state index contributed by atoms with van der Waals surface area (Å²) in [7, 11) is 1.60. The number of amides is 3. The minimum absolute atomic E-state index is 0.0751. The molecule has 1 saturated heterocycles. The summed E-state index contributed by atoms with van der Waals surface area (Å²) in [6.07, 6.45) is 1.22. The number of hydrogen-bond donors (Lipinski definition) is 1. The summed E-state index contributed by atoms with van der Waals surface area (Å²) in [5.74, 6) is -0.0994. The zero-order chi connectivity index (χ0) is 17.5. The molecular weight excluding hydrogens is 310 g/mol. The van der Waals surface area contributed by atoms with Crippen LogP contribution in [0.5, 0.6) is 5.75 Å². The third kappa shape index (κ3) is 4.32. The number of carbonyl (C=O) groups excluding carboxylic acids is 3. The maximum absolute atomic E-state index is 12.4. The van der Waals surface area contributed by atoms with Crippen LogP contribution < -0.4 is 10.5 Å². The van der Waals surface area contributed by atoms with Gasteiger partial charge in [-0.15, -0.1) is 0 Å². The van der Waals surface area contributed by atoms with Crippen molar-refractivity contribution >= 4 is 18.2 Å². The van der Waals surface area contributed by atoms with Crippen LogP contribution in [-0.2, 0) is 20.9 Å². The summed E-state index contributed by atoms with van der Waals surface area (Å²) in [6, 6.07) is 7.44. The van der Waals surface area contributed by atoms with Crippen LogP contribution in [0.3, 0.4) is 0 Å². The SMILES string of the molecule is COc1ccc(CN2CC(C(=O)N(C=O)CCCN)CC2=O)cc1. The molecule has 1 aromatic carbocycles. The van der Waals surface area contributed by atoms with Gasteiger partial charge in [-0.05, 0) is 30.7 Å². The van der Waals surface area contributed by atoms with E-state index in [-0.39, 0.29) is 18.2 Å². The maximum atomic E-state index is 12.4. The number of carbonyl (C=O) groups is 3. The molecular formula is C17H23N3O4. The highest BCUT2D eigenvalue weighted by atomic mass is 16.5. The molecule has 2 rings (SSSR count). The predicted molar refractivity (Wildman–Crippen MR) is 88.0 cm³/mol. The fraction of sp³-hybridized carbons (Fsp3) is 0.471. The van der Waals surface area contributed by atoms with Crippen molar-refractivity contribution in [3.63, 3.8) is 0 Å². The van der Waals surface area contributed by atoms with Crippen molar-refractivity contribution in [3.05, 3.63) is 29.8 Å². The van der Waals surface area contributed by atoms with Gasteiger partial charge in [0.05, 0.1) is 13.0 Å². The van der Waals surface area contributed by atoms with Crippen molar-refractivity contribution in [2.45, 2.75) is 19.4 Å². The molecule has 1 heterocycles. The van der Waals surface area contributed by atoms with Crippen LogP contribution in [0.1, 0.15) is 18.4 Å². The predicted octanol–water partition coefficient (Wildman–Crippen LogP) is 0.378. The Bertz CT molecular complexity index is 588. The number of ether oxygens (including phenoxy) is 1. The molecule has 1 aromatic rings. The number of nitrogens with two attached hydrogens (primary N) is 1. The van der Waals surface area contributed by atoms with Gasteiger partial charge in [-0.2, -0.15) is 0 Å². The fourth-order valence-electron chi connectivity index (χ4n) is 2.75. The highest BCUT2D eigenvalue weighted by Crippen LogP contribution is 2.22. The number of rotatable bonds is 8. The first kappa shape index (κ1) is 17.9. The molecule has 0 spiro atoms. The number of benzene rings is 1. The molecule has 0 aromatic heterocycles. The van der Waals surface area contributed by atoms with E-state index < -0.39 is 5.92 Å². The average Bonchev–Trinajstić information content (AvgIpc) is 2.96. The Morgan fingerprint density at radius 2 is 2.12 bits per heavy atom. The van der Waals surface area contributed by atoms with E-state index in [1.165, 1.54) is 0 Å². The Morgan fingerprint density at radius 1 is 1.42 bits per heavy atom. The van der Waals surface area contributed by atoms with Crippen LogP contribution in [0.2, 0.25) is 0 Å². The Morgan fingerprint density at radius 3 is 2.71 bits per heavy atom. The zero-order valence-corrected chi connectivity index (χ0v) is 13.8. The normalized spacial score (nSPS) is 17.0. The van der Waals surface area contributed by atoms with Crippen molar-refractivity contribution in [1.82, 2.24) is 9.80 Å². The van der Waals surface area contributed by atoms with Gasteiger partial charge in [0.25, 0.3) is 0 Å². The number of likely N-dealkylation sites (tertiary alicyclic amines) is 1. The first-order valence-corrected chi connectivity index (χ1v) is 7.95. The molecule has 1 unspecified atom stereocenters. The third-order valence-corrected chi connectivity index (χ3v) is 4.11. The molecule has 3 amide bonds. The van der Waals surface area contributed by atoms with Crippen LogP contribution in [0.25, 0.3) is 0 Å². The molecule has 1 atom stereocenters. The molecule has 7 heteroatoms. The highest BCUT2D eigenvalue weighted by molar-refractivity contribution is 5.93. The van der Waals surface area contributed by atoms with E-state index in [1.807, 2.05) is 24.3 Å². The van der Waals surface area contributed by atoms with Gasteiger partial charge in [0.15, 0.2) is 0 Å². The Hall–Kier alpha value is -2.41. The minimum atomic E-state index is -0.473. The quantitative estimate of drug-likeness (QED) is 0.694. The summed E-state index contributed by atoms with van der Waals surface area (Å²) in [5, 5.41) is 0. The third-order valence-electron chi connectivity index (χ3n) is 4.11. The van der Waals surface area contributed by atoms with Gasteiger partial charge in [-0.3, -0.25) is 19.3 Å². The first-order chi connectivity index (χ1) is 11.6. The second kappa shape index (κ2) is 8.44. The van der Waals surface area contributed by atoms with Gasteiger partial charge in [-0.25, -0.2) is 0 Å². The monoisotopic (exact) mass is 333 g/mol. The molecule has 1 aliphatic heterocycles. The Labute approximate surface area is 141 Å². The Kier molecular flexibility index (Phi) is 6.31. The van der Waals surface area contributed by atoms with Crippen molar-refractivity contribution in [2.75, 3.05) is 26.7 Å². The lowest BCUT2D eigenvalue weighted by Gasteiger charge is -2.20. The van der Waals surface area contributed by atoms with Gasteiger partial charge in [0.1, 0.15) is 5.75 Å². The largest absolute Gasteiger partial charge is 0.497 e. The molecule has 1 aliphatic rings. The molecule has 0 aliphatic carbocycles. The van der Waals surface area contributed by atoms with E-state index in [9.17, 15) is 14.4 Å². The first-order valence-electron chi connectivity index (χ1n) is 7.95. The summed E-state index contributed by atoms with van der Waals surface area (Å²) in [4.78, 5) is 38.4. The van der Waals surface area contributed by atoms with Gasteiger partial charge in [0.2, 0.25) is 18.2 Å². The van der Waals surface area contributed by atoms with E-state index in [0.717, 1.165) is 16.2 Å². The van der Waals surface area contributed by atoms with Crippen molar-refractivity contribution in [1.29, 1.82) is 0 Å². The van der Waals surface area contributed by atoms with Crippen LogP contribution in [0.4, 0.5) is 0 Å². The van der Waals surface area contributed by atoms with E-state index in [1.54, 1.807) is 12.0 Å². The van der Waals surface area contributed by atoms with Crippen LogP contribution >= 0.6 is 0 Å². The maximum Gasteiger partial charge on any atom is 0.234 e. The van der Waals surface area contributed by atoms with Crippen LogP contribution in [-0.4, -0.2) is 54.8 Å². The molecule has 1 fully saturated rings. The highest BCUT2D eigenvalue weighted by Gasteiger charge is 2.36. The smallest absolute Gasteiger partial charge is 0.234 e. The fourth-order valence-corrected chi connectivity index (χ4v) is 2.75. The topological polar surface area (TPSA) is 92.9 Å². The lowest BCUT2D eigenvalue weighted by Crippen LogP contribution is -2.37. The molecule has 0 radical (unpaired) electrons. The van der Waals surface area contributed by atoms with E-state index in [2.05, 4.69) is 0 Å². The minimum Gasteiger partial charge on any atom is -0.497 e. The van der Waals surface area contributed by atoms with Crippen molar-refractivity contribution in [3.8, 4) is 5.75 Å². The molecule has 24 heavy (non-hydrogen) atoms. The van der Waals surface area contributed by atoms with Crippen molar-refractivity contribution in [2.24, 2.45) is 11.7 Å². The molecule has 0 saturated carbocycles. The van der Waals surface area contributed by atoms with E-state index in [0.29, 0.717) is 39.0 Å². The van der Waals surface area contributed by atoms with Crippen molar-refractivity contribution < 1.29 is 19.1 Å². The molecule has 0 bridgehead atoms. The van der Waals surface area contributed by atoms with Gasteiger partial charge >= 0.3 is 0 Å². The summed E-state index contributed by atoms with van der Waals surface area (Å²) in [5.41, 5.74) is 6.38. The summed E-state index contributed by atoms with van der Waals surface area (Å²) >= 11 is 0. The van der Waals surface area contributed by atoms with Gasteiger partial charge in [0, 0.05) is 26.1 Å². The molecule has 2 N–H and O–H groups in total. The Balaban J connectivity index is 1.96. The van der Waals surface area contributed by atoms with Gasteiger partial charge < -0.3 is 15.4 Å². The van der Waals surface area contributed by atoms with Gasteiger partial charge in [-0.1, -0.05) is 12.1 Å². The summed E-state index contributed by atoms with van der Waals surface area (Å²) in [6.45, 7) is 1.47. The van der Waals surface area contributed by atoms with Crippen LogP contribution in [0, 0.1) is 5.92 Å². The molecule has 130 valence electrons. The van der Waals surface area contributed by atoms with E-state index in [4.69, 9.17) is 10.5 Å². The lowest BCUT2D eigenvalue weighted by molar-refractivity contribution is -0.141. The van der Waals surface area contributed by atoms with Crippen LogP contribution in [0.15, 0.2) is 24.3 Å². The average molecular weight is 333 g/mol. The number of nitrogens with zero attached hydrogens (tertiary/aromatic N) is 2. The lowest BCUT2D eigenvalue weighted by atomic mass is 10.1. The number of methoxy groups -OCH3 is 1.